The van der Waals surface area contributed by atoms with Crippen LogP contribution in [0.15, 0.2) is 128 Å². The second kappa shape index (κ2) is 9.11. The summed E-state index contributed by atoms with van der Waals surface area (Å²) in [6.07, 6.45) is 3.72. The smallest absolute Gasteiger partial charge is 0.138 e. The molecular weight excluding hydrogens is 502 g/mol. The number of hydrogen-bond acceptors (Lipinski definition) is 4. The van der Waals surface area contributed by atoms with Gasteiger partial charge in [0.1, 0.15) is 11.9 Å². The Balaban J connectivity index is 1.34. The van der Waals surface area contributed by atoms with E-state index in [1.807, 2.05) is 91.3 Å². The number of hydrogen-bond donors (Lipinski definition) is 0. The zero-order chi connectivity index (χ0) is 27.3. The summed E-state index contributed by atoms with van der Waals surface area (Å²) in [4.78, 5) is 14.7. The normalized spacial score (nSPS) is 11.4. The van der Waals surface area contributed by atoms with Crippen LogP contribution < -0.4 is 0 Å². The zero-order valence-electron chi connectivity index (χ0n) is 21.9. The molecule has 0 fully saturated rings. The maximum absolute atomic E-state index is 10.0. The summed E-state index contributed by atoms with van der Waals surface area (Å²) in [5.74, 6) is 0.808. The van der Waals surface area contributed by atoms with E-state index in [4.69, 9.17) is 9.97 Å². The molecule has 8 rings (SSSR count). The molecule has 4 heterocycles. The molecule has 0 amide bonds. The molecule has 0 radical (unpaired) electrons. The molecule has 190 valence electrons. The molecule has 0 N–H and O–H groups in total. The van der Waals surface area contributed by atoms with E-state index in [2.05, 4.69) is 52.0 Å². The van der Waals surface area contributed by atoms with Gasteiger partial charge in [0.05, 0.1) is 39.9 Å². The van der Waals surface area contributed by atoms with E-state index in [-0.39, 0.29) is 0 Å². The lowest BCUT2D eigenvalue weighted by Crippen LogP contribution is -1.99. The lowest BCUT2D eigenvalue weighted by molar-refractivity contribution is 1.07. The predicted molar refractivity (Wildman–Crippen MR) is 165 cm³/mol. The predicted octanol–water partition coefficient (Wildman–Crippen LogP) is 8.48. The lowest BCUT2D eigenvalue weighted by atomic mass is 9.90. The molecule has 0 saturated carbocycles. The monoisotopic (exact) mass is 523 g/mol. The lowest BCUT2D eigenvalue weighted by Gasteiger charge is -2.14. The van der Waals surface area contributed by atoms with Gasteiger partial charge in [-0.25, -0.2) is 9.97 Å². The molecule has 0 saturated heterocycles. The molecule has 5 heteroatoms. The highest BCUT2D eigenvalue weighted by Gasteiger charge is 2.17. The first-order valence-electron chi connectivity index (χ1n) is 13.4. The van der Waals surface area contributed by atoms with Crippen molar-refractivity contribution in [2.45, 2.75) is 0 Å². The van der Waals surface area contributed by atoms with Gasteiger partial charge < -0.3 is 0 Å². The summed E-state index contributed by atoms with van der Waals surface area (Å²) in [7, 11) is 0. The van der Waals surface area contributed by atoms with Gasteiger partial charge in [0.15, 0.2) is 0 Å². The van der Waals surface area contributed by atoms with Gasteiger partial charge in [-0.2, -0.15) is 5.26 Å². The van der Waals surface area contributed by atoms with Gasteiger partial charge in [-0.05, 0) is 47.2 Å². The number of nitriles is 1. The third-order valence-corrected chi connectivity index (χ3v) is 7.75. The molecule has 0 unspecified atom stereocenters. The standard InChI is InChI=1S/C36H21N5/c37-21-29-23-9-1-3-12-27(23)36(28-13-4-2-10-24(28)29)32-16-7-14-30(39-32)31-15-8-18-35(40-31)41-33-17-6-5-11-25(33)26-19-20-38-22-34(26)41/h1-20,22H. The largest absolute Gasteiger partial charge is 0.292 e. The molecule has 4 aromatic heterocycles. The Bertz CT molecular complexity index is 2230. The fraction of sp³-hybridized carbons (Fsp3) is 0. The molecule has 0 bridgehead atoms. The third-order valence-electron chi connectivity index (χ3n) is 7.75. The van der Waals surface area contributed by atoms with Crippen LogP contribution in [0.25, 0.3) is 71.8 Å². The van der Waals surface area contributed by atoms with Gasteiger partial charge in [-0.1, -0.05) is 78.9 Å². The Morgan fingerprint density at radius 1 is 0.512 bits per heavy atom. The van der Waals surface area contributed by atoms with Crippen LogP contribution in [0.5, 0.6) is 0 Å². The van der Waals surface area contributed by atoms with Gasteiger partial charge >= 0.3 is 0 Å². The maximum atomic E-state index is 10.0. The summed E-state index contributed by atoms with van der Waals surface area (Å²) in [5.41, 5.74) is 6.19. The fourth-order valence-electron chi connectivity index (χ4n) is 6.00. The molecule has 0 aliphatic rings. The number of rotatable bonds is 3. The first kappa shape index (κ1) is 23.1. The molecule has 0 aliphatic heterocycles. The van der Waals surface area contributed by atoms with Gasteiger partial charge in [0, 0.05) is 33.3 Å². The third kappa shape index (κ3) is 3.52. The van der Waals surface area contributed by atoms with Crippen LogP contribution in [-0.2, 0) is 0 Å². The van der Waals surface area contributed by atoms with E-state index in [0.717, 1.165) is 71.8 Å². The number of fused-ring (bicyclic) bond motifs is 5. The van der Waals surface area contributed by atoms with Crippen LogP contribution in [0.3, 0.4) is 0 Å². The van der Waals surface area contributed by atoms with Gasteiger partial charge in [0.25, 0.3) is 0 Å². The quantitative estimate of drug-likeness (QED) is 0.218. The molecule has 5 nitrogen and oxygen atoms in total. The van der Waals surface area contributed by atoms with E-state index in [1.165, 1.54) is 0 Å². The van der Waals surface area contributed by atoms with E-state index in [0.29, 0.717) is 5.56 Å². The molecule has 0 atom stereocenters. The minimum absolute atomic E-state index is 0.686. The van der Waals surface area contributed by atoms with Crippen LogP contribution in [0.2, 0.25) is 0 Å². The van der Waals surface area contributed by atoms with Gasteiger partial charge in [-0.3, -0.25) is 9.55 Å². The molecule has 4 aromatic carbocycles. The van der Waals surface area contributed by atoms with Crippen molar-refractivity contribution in [1.82, 2.24) is 19.5 Å². The van der Waals surface area contributed by atoms with Crippen LogP contribution in [0, 0.1) is 11.3 Å². The first-order valence-corrected chi connectivity index (χ1v) is 13.4. The summed E-state index contributed by atoms with van der Waals surface area (Å²) in [5, 5.41) is 16.2. The van der Waals surface area contributed by atoms with E-state index >= 15 is 0 Å². The Morgan fingerprint density at radius 2 is 1.10 bits per heavy atom. The van der Waals surface area contributed by atoms with Crippen molar-refractivity contribution in [2.24, 2.45) is 0 Å². The number of aromatic nitrogens is 4. The van der Waals surface area contributed by atoms with Crippen LogP contribution in [0.1, 0.15) is 5.56 Å². The Labute approximate surface area is 235 Å². The minimum Gasteiger partial charge on any atom is -0.292 e. The van der Waals surface area contributed by atoms with Crippen LogP contribution in [-0.4, -0.2) is 19.5 Å². The van der Waals surface area contributed by atoms with Crippen molar-refractivity contribution in [2.75, 3.05) is 0 Å². The summed E-state index contributed by atoms with van der Waals surface area (Å²) >= 11 is 0. The summed E-state index contributed by atoms with van der Waals surface area (Å²) in [6.45, 7) is 0. The maximum Gasteiger partial charge on any atom is 0.138 e. The van der Waals surface area contributed by atoms with Crippen LogP contribution in [0.4, 0.5) is 0 Å². The number of pyridine rings is 3. The number of nitrogens with zero attached hydrogens (tertiary/aromatic N) is 5. The van der Waals surface area contributed by atoms with Crippen molar-refractivity contribution in [3.8, 4) is 34.5 Å². The van der Waals surface area contributed by atoms with Crippen molar-refractivity contribution in [3.63, 3.8) is 0 Å². The SMILES string of the molecule is N#Cc1c2ccccc2c(-c2cccc(-c3cccc(-n4c5ccccc5c5ccncc54)n3)n2)c2ccccc12. The molecule has 41 heavy (non-hydrogen) atoms. The molecule has 0 spiro atoms. The average molecular weight is 524 g/mol. The number of benzene rings is 4. The highest BCUT2D eigenvalue weighted by molar-refractivity contribution is 6.15. The van der Waals surface area contributed by atoms with E-state index in [1.54, 1.807) is 0 Å². The second-order valence-corrected chi connectivity index (χ2v) is 9.99. The first-order chi connectivity index (χ1) is 20.3. The van der Waals surface area contributed by atoms with Crippen molar-refractivity contribution >= 4 is 43.4 Å². The zero-order valence-corrected chi connectivity index (χ0v) is 21.9. The number of para-hydroxylation sites is 1. The Hall–Kier alpha value is -5.86. The van der Waals surface area contributed by atoms with Crippen LogP contribution >= 0.6 is 0 Å². The topological polar surface area (TPSA) is 67.4 Å². The average Bonchev–Trinajstić information content (AvgIpc) is 3.38. The summed E-state index contributed by atoms with van der Waals surface area (Å²) in [6, 6.07) is 41.1. The molecule has 8 aromatic rings. The van der Waals surface area contributed by atoms with Crippen molar-refractivity contribution < 1.29 is 0 Å². The highest BCUT2D eigenvalue weighted by Crippen LogP contribution is 2.39. The molecule has 0 aliphatic carbocycles. The Kier molecular flexibility index (Phi) is 5.13. The fourth-order valence-corrected chi connectivity index (χ4v) is 6.00. The minimum atomic E-state index is 0.686. The van der Waals surface area contributed by atoms with E-state index < -0.39 is 0 Å². The van der Waals surface area contributed by atoms with Crippen molar-refractivity contribution in [3.05, 3.63) is 133 Å². The van der Waals surface area contributed by atoms with Crippen molar-refractivity contribution in [1.29, 1.82) is 5.26 Å². The highest BCUT2D eigenvalue weighted by atomic mass is 15.1. The van der Waals surface area contributed by atoms with Gasteiger partial charge in [0.2, 0.25) is 0 Å². The van der Waals surface area contributed by atoms with E-state index in [9.17, 15) is 5.26 Å². The molecular formula is C36H21N5. The Morgan fingerprint density at radius 3 is 1.83 bits per heavy atom. The second-order valence-electron chi connectivity index (χ2n) is 9.99. The van der Waals surface area contributed by atoms with Gasteiger partial charge in [-0.15, -0.1) is 0 Å². The summed E-state index contributed by atoms with van der Waals surface area (Å²) < 4.78 is 2.16.